The number of aromatic nitrogens is 2. The van der Waals surface area contributed by atoms with Crippen LogP contribution in [0.4, 0.5) is 0 Å². The first-order valence-electron chi connectivity index (χ1n) is 10.7. The lowest BCUT2D eigenvalue weighted by Crippen LogP contribution is -2.42. The van der Waals surface area contributed by atoms with Crippen molar-refractivity contribution < 1.29 is 37.4 Å². The molecule has 1 saturated heterocycles. The number of aryl methyl sites for hydroxylation is 1. The number of hydrogen-bond acceptors (Lipinski definition) is 10. The van der Waals surface area contributed by atoms with Gasteiger partial charge in [-0.05, 0) is 33.6 Å². The van der Waals surface area contributed by atoms with Gasteiger partial charge in [0.15, 0.2) is 18.4 Å². The van der Waals surface area contributed by atoms with Gasteiger partial charge < -0.3 is 23.3 Å². The normalized spacial score (nSPS) is 22.8. The van der Waals surface area contributed by atoms with Crippen molar-refractivity contribution in [2.75, 3.05) is 19.4 Å². The van der Waals surface area contributed by atoms with Gasteiger partial charge in [-0.1, -0.05) is 0 Å². The Morgan fingerprint density at radius 1 is 1.09 bits per heavy atom. The minimum atomic E-state index is -3.30. The lowest BCUT2D eigenvalue weighted by molar-refractivity contribution is -0.165. The molecule has 0 bridgehead atoms. The fourth-order valence-electron chi connectivity index (χ4n) is 3.64. The number of ether oxygens (including phenoxy) is 3. The molecule has 0 spiro atoms. The van der Waals surface area contributed by atoms with Crippen molar-refractivity contribution in [3.63, 3.8) is 0 Å². The summed E-state index contributed by atoms with van der Waals surface area (Å²) >= 11 is 0. The maximum absolute atomic E-state index is 12.7. The SMILES string of the molecule is CCOP(=O)(CCC[C@H]1O[C@@H](n2cc(C)c(=O)[nH]c2=O)[C@H](OC(C)=O)[C@@H]1OC(C)=O)OCC. The van der Waals surface area contributed by atoms with Crippen LogP contribution in [0.5, 0.6) is 0 Å². The fourth-order valence-corrected chi connectivity index (χ4v) is 5.33. The summed E-state index contributed by atoms with van der Waals surface area (Å²) in [5, 5.41) is 0. The van der Waals surface area contributed by atoms with E-state index < -0.39 is 55.3 Å². The molecule has 1 aromatic heterocycles. The zero-order valence-corrected chi connectivity index (χ0v) is 20.3. The van der Waals surface area contributed by atoms with Gasteiger partial charge >= 0.3 is 25.2 Å². The van der Waals surface area contributed by atoms with E-state index in [4.69, 9.17) is 23.3 Å². The molecule has 0 amide bonds. The molecule has 4 atom stereocenters. The van der Waals surface area contributed by atoms with Gasteiger partial charge in [-0.3, -0.25) is 28.5 Å². The van der Waals surface area contributed by atoms with Crippen molar-refractivity contribution in [3.05, 3.63) is 32.6 Å². The second-order valence-electron chi connectivity index (χ2n) is 7.50. The molecule has 13 heteroatoms. The maximum Gasteiger partial charge on any atom is 0.330 e. The van der Waals surface area contributed by atoms with Gasteiger partial charge in [0.05, 0.1) is 19.4 Å². The average molecular weight is 490 g/mol. The van der Waals surface area contributed by atoms with E-state index >= 15 is 0 Å². The van der Waals surface area contributed by atoms with Crippen LogP contribution in [-0.4, -0.2) is 59.2 Å². The number of carbonyl (C=O) groups is 2. The highest BCUT2D eigenvalue weighted by Gasteiger charge is 2.50. The Morgan fingerprint density at radius 2 is 1.67 bits per heavy atom. The lowest BCUT2D eigenvalue weighted by atomic mass is 10.1. The zero-order valence-electron chi connectivity index (χ0n) is 19.4. The van der Waals surface area contributed by atoms with Gasteiger partial charge in [0, 0.05) is 25.6 Å². The Kier molecular flexibility index (Phi) is 9.59. The number of rotatable bonds is 11. The van der Waals surface area contributed by atoms with Crippen molar-refractivity contribution in [1.29, 1.82) is 0 Å². The van der Waals surface area contributed by atoms with E-state index in [0.717, 1.165) is 4.57 Å². The topological polar surface area (TPSA) is 152 Å². The van der Waals surface area contributed by atoms with E-state index in [-0.39, 0.29) is 31.4 Å². The van der Waals surface area contributed by atoms with Crippen LogP contribution in [0.1, 0.15) is 52.3 Å². The molecule has 2 heterocycles. The minimum absolute atomic E-state index is 0.0992. The summed E-state index contributed by atoms with van der Waals surface area (Å²) in [6.45, 7) is 7.74. The molecule has 0 aromatic carbocycles. The molecule has 1 N–H and O–H groups in total. The van der Waals surface area contributed by atoms with E-state index in [0.29, 0.717) is 6.42 Å². The number of nitrogens with zero attached hydrogens (tertiary/aromatic N) is 1. The second-order valence-corrected chi connectivity index (χ2v) is 9.69. The van der Waals surface area contributed by atoms with Gasteiger partial charge in [-0.2, -0.15) is 0 Å². The molecule has 1 aliphatic heterocycles. The van der Waals surface area contributed by atoms with Crippen LogP contribution in [0.15, 0.2) is 15.8 Å². The third-order valence-corrected chi connectivity index (χ3v) is 7.05. The number of hydrogen-bond donors (Lipinski definition) is 1. The van der Waals surface area contributed by atoms with E-state index in [1.165, 1.54) is 27.0 Å². The molecule has 0 radical (unpaired) electrons. The van der Waals surface area contributed by atoms with Gasteiger partial charge in [-0.15, -0.1) is 0 Å². The Hall–Kier alpha value is -2.27. The Bertz CT molecular complexity index is 993. The molecule has 2 rings (SSSR count). The van der Waals surface area contributed by atoms with Crippen LogP contribution in [0, 0.1) is 6.92 Å². The largest absolute Gasteiger partial charge is 0.456 e. The molecular formula is C20H31N2O10P. The quantitative estimate of drug-likeness (QED) is 0.358. The molecule has 0 aliphatic carbocycles. The highest BCUT2D eigenvalue weighted by molar-refractivity contribution is 7.53. The van der Waals surface area contributed by atoms with Crippen molar-refractivity contribution in [3.8, 4) is 0 Å². The Morgan fingerprint density at radius 3 is 2.21 bits per heavy atom. The first kappa shape index (κ1) is 27.0. The Balaban J connectivity index is 2.33. The maximum atomic E-state index is 12.7. The smallest absolute Gasteiger partial charge is 0.330 e. The monoisotopic (exact) mass is 490 g/mol. The Labute approximate surface area is 191 Å². The van der Waals surface area contributed by atoms with Crippen LogP contribution in [-0.2, 0) is 37.4 Å². The van der Waals surface area contributed by atoms with Crippen LogP contribution in [0.25, 0.3) is 0 Å². The lowest BCUT2D eigenvalue weighted by Gasteiger charge is -2.24. The number of esters is 2. The summed E-state index contributed by atoms with van der Waals surface area (Å²) in [5.41, 5.74) is -1.09. The molecule has 0 unspecified atom stereocenters. The predicted molar refractivity (Wildman–Crippen MR) is 116 cm³/mol. The number of aromatic amines is 1. The van der Waals surface area contributed by atoms with Crippen LogP contribution < -0.4 is 11.2 Å². The predicted octanol–water partition coefficient (Wildman–Crippen LogP) is 1.65. The summed E-state index contributed by atoms with van der Waals surface area (Å²) < 4.78 is 41.2. The third-order valence-electron chi connectivity index (χ3n) is 4.88. The first-order chi connectivity index (χ1) is 15.5. The van der Waals surface area contributed by atoms with E-state index in [2.05, 4.69) is 4.98 Å². The third kappa shape index (κ3) is 7.10. The summed E-state index contributed by atoms with van der Waals surface area (Å²) in [5.74, 6) is -1.30. The number of H-pyrrole nitrogens is 1. The van der Waals surface area contributed by atoms with Gasteiger partial charge in [0.25, 0.3) is 5.56 Å². The molecule has 33 heavy (non-hydrogen) atoms. The van der Waals surface area contributed by atoms with Crippen molar-refractivity contribution in [1.82, 2.24) is 9.55 Å². The molecule has 1 aliphatic rings. The average Bonchev–Trinajstić information content (AvgIpc) is 3.01. The standard InChI is InChI=1S/C20H31N2O10P/c1-6-28-33(27,29-7-2)10-8-9-15-16(30-13(4)23)17(31-14(5)24)19(32-15)22-11-12(3)18(25)21-20(22)26/h11,15-17,19H,6-10H2,1-5H3,(H,21,25,26)/t15-,16-,17-,19-/m1/s1. The number of nitrogens with one attached hydrogen (secondary N) is 1. The van der Waals surface area contributed by atoms with Crippen molar-refractivity contribution in [2.45, 2.75) is 72.0 Å². The number of carbonyl (C=O) groups excluding carboxylic acids is 2. The molecule has 12 nitrogen and oxygen atoms in total. The van der Waals surface area contributed by atoms with Crippen LogP contribution >= 0.6 is 7.60 Å². The molecule has 1 aromatic rings. The van der Waals surface area contributed by atoms with E-state index in [1.54, 1.807) is 13.8 Å². The molecule has 0 saturated carbocycles. The minimum Gasteiger partial charge on any atom is -0.456 e. The summed E-state index contributed by atoms with van der Waals surface area (Å²) in [4.78, 5) is 49.9. The molecule has 186 valence electrons. The highest BCUT2D eigenvalue weighted by Crippen LogP contribution is 2.49. The van der Waals surface area contributed by atoms with Crippen molar-refractivity contribution >= 4 is 19.5 Å². The van der Waals surface area contributed by atoms with Crippen LogP contribution in [0.2, 0.25) is 0 Å². The van der Waals surface area contributed by atoms with Gasteiger partial charge in [-0.25, -0.2) is 4.79 Å². The van der Waals surface area contributed by atoms with E-state index in [9.17, 15) is 23.7 Å². The van der Waals surface area contributed by atoms with Gasteiger partial charge in [0.1, 0.15) is 6.10 Å². The molecular weight excluding hydrogens is 459 g/mol. The van der Waals surface area contributed by atoms with Gasteiger partial charge in [0.2, 0.25) is 0 Å². The summed E-state index contributed by atoms with van der Waals surface area (Å²) in [6.07, 6.45) is -2.18. The second kappa shape index (κ2) is 11.7. The zero-order chi connectivity index (χ0) is 24.8. The first-order valence-corrected chi connectivity index (χ1v) is 12.4. The summed E-state index contributed by atoms with van der Waals surface area (Å²) in [6, 6.07) is 0. The van der Waals surface area contributed by atoms with Crippen molar-refractivity contribution in [2.24, 2.45) is 0 Å². The fraction of sp³-hybridized carbons (Fsp3) is 0.700. The highest BCUT2D eigenvalue weighted by atomic mass is 31.2. The summed E-state index contributed by atoms with van der Waals surface area (Å²) in [7, 11) is -3.30. The molecule has 1 fully saturated rings. The van der Waals surface area contributed by atoms with E-state index in [1.807, 2.05) is 0 Å². The van der Waals surface area contributed by atoms with Crippen LogP contribution in [0.3, 0.4) is 0 Å².